The van der Waals surface area contributed by atoms with Crippen LogP contribution in [-0.4, -0.2) is 27.7 Å². The Balaban J connectivity index is 2.43. The molecule has 5 nitrogen and oxygen atoms in total. The lowest BCUT2D eigenvalue weighted by Gasteiger charge is -2.15. The molecule has 0 spiro atoms. The summed E-state index contributed by atoms with van der Waals surface area (Å²) >= 11 is 5.84. The molecule has 10 heteroatoms. The second-order valence-electron chi connectivity index (χ2n) is 4.91. The van der Waals surface area contributed by atoms with E-state index in [0.717, 1.165) is 6.07 Å². The van der Waals surface area contributed by atoms with Gasteiger partial charge in [0.1, 0.15) is 11.6 Å². The van der Waals surface area contributed by atoms with Crippen LogP contribution >= 0.6 is 11.6 Å². The van der Waals surface area contributed by atoms with Gasteiger partial charge in [-0.25, -0.2) is 9.37 Å². The fourth-order valence-corrected chi connectivity index (χ4v) is 1.94. The number of anilines is 3. The molecule has 1 aromatic heterocycles. The number of rotatable bonds is 5. The molecule has 24 heavy (non-hydrogen) atoms. The summed E-state index contributed by atoms with van der Waals surface area (Å²) in [6, 6.07) is 3.91. The van der Waals surface area contributed by atoms with Gasteiger partial charge in [0.15, 0.2) is 5.69 Å². The minimum atomic E-state index is -4.72. The number of aliphatic hydroxyl groups is 1. The fourth-order valence-electron chi connectivity index (χ4n) is 1.73. The summed E-state index contributed by atoms with van der Waals surface area (Å²) in [7, 11) is 0. The predicted molar refractivity (Wildman–Crippen MR) is 81.9 cm³/mol. The van der Waals surface area contributed by atoms with E-state index in [-0.39, 0.29) is 29.1 Å². The maximum absolute atomic E-state index is 13.8. The number of hydrogen-bond acceptors (Lipinski definition) is 5. The highest BCUT2D eigenvalue weighted by atomic mass is 35.5. The molecule has 0 amide bonds. The van der Waals surface area contributed by atoms with Crippen molar-refractivity contribution in [3.8, 4) is 0 Å². The number of alkyl halides is 3. The molecule has 2 aromatic rings. The average Bonchev–Trinajstić information content (AvgIpc) is 2.50. The minimum absolute atomic E-state index is 0.0135. The first kappa shape index (κ1) is 18.2. The monoisotopic (exact) mass is 364 g/mol. The highest BCUT2D eigenvalue weighted by Gasteiger charge is 2.34. The van der Waals surface area contributed by atoms with Gasteiger partial charge in [-0.3, -0.25) is 0 Å². The molecular formula is C14H13ClF4N4O. The first-order chi connectivity index (χ1) is 11.2. The van der Waals surface area contributed by atoms with Crippen LogP contribution in [0.2, 0.25) is 5.02 Å². The molecule has 0 unspecified atom stereocenters. The Morgan fingerprint density at radius 1 is 1.29 bits per heavy atom. The van der Waals surface area contributed by atoms with Gasteiger partial charge in [0.05, 0.1) is 17.3 Å². The molecule has 1 atom stereocenters. The van der Waals surface area contributed by atoms with Gasteiger partial charge in [0.2, 0.25) is 5.95 Å². The van der Waals surface area contributed by atoms with Gasteiger partial charge in [-0.05, 0) is 19.1 Å². The van der Waals surface area contributed by atoms with Crippen LogP contribution in [0.3, 0.4) is 0 Å². The highest BCUT2D eigenvalue weighted by molar-refractivity contribution is 6.33. The molecule has 1 heterocycles. The van der Waals surface area contributed by atoms with Crippen LogP contribution in [0.4, 0.5) is 35.0 Å². The van der Waals surface area contributed by atoms with Gasteiger partial charge in [-0.2, -0.15) is 18.2 Å². The smallest absolute Gasteiger partial charge is 0.394 e. The molecular weight excluding hydrogens is 352 g/mol. The molecule has 0 aliphatic carbocycles. The molecule has 0 saturated carbocycles. The molecule has 0 fully saturated rings. The summed E-state index contributed by atoms with van der Waals surface area (Å²) in [5.41, 5.74) is -1.42. The summed E-state index contributed by atoms with van der Waals surface area (Å²) in [4.78, 5) is 7.20. The molecule has 1 aromatic carbocycles. The van der Waals surface area contributed by atoms with Crippen LogP contribution in [0.5, 0.6) is 0 Å². The third-order valence-corrected chi connectivity index (χ3v) is 3.20. The zero-order chi connectivity index (χ0) is 17.9. The van der Waals surface area contributed by atoms with Crippen LogP contribution in [-0.2, 0) is 6.18 Å². The van der Waals surface area contributed by atoms with Crippen molar-refractivity contribution in [2.75, 3.05) is 17.2 Å². The Hall–Kier alpha value is -2.13. The van der Waals surface area contributed by atoms with Crippen molar-refractivity contribution < 1.29 is 22.7 Å². The zero-order valence-corrected chi connectivity index (χ0v) is 13.1. The zero-order valence-electron chi connectivity index (χ0n) is 12.3. The normalized spacial score (nSPS) is 12.8. The van der Waals surface area contributed by atoms with Crippen molar-refractivity contribution in [2.24, 2.45) is 0 Å². The van der Waals surface area contributed by atoms with E-state index in [2.05, 4.69) is 20.6 Å². The number of hydrogen-bond donors (Lipinski definition) is 3. The first-order valence-corrected chi connectivity index (χ1v) is 7.13. The van der Waals surface area contributed by atoms with Crippen molar-refractivity contribution >= 4 is 29.1 Å². The number of halogens is 5. The van der Waals surface area contributed by atoms with E-state index in [1.54, 1.807) is 0 Å². The summed E-state index contributed by atoms with van der Waals surface area (Å²) in [6.07, 6.45) is -4.72. The van der Waals surface area contributed by atoms with E-state index in [1.165, 1.54) is 19.1 Å². The maximum atomic E-state index is 13.8. The van der Waals surface area contributed by atoms with E-state index in [4.69, 9.17) is 16.7 Å². The SMILES string of the molecule is C[C@H](CO)Nc1nc(Nc2c(F)cccc2Cl)cc(C(F)(F)F)n1. The van der Waals surface area contributed by atoms with E-state index < -0.39 is 23.7 Å². The topological polar surface area (TPSA) is 70.1 Å². The number of nitrogens with one attached hydrogen (secondary N) is 2. The Morgan fingerprint density at radius 2 is 2.00 bits per heavy atom. The second-order valence-corrected chi connectivity index (χ2v) is 5.32. The lowest BCUT2D eigenvalue weighted by molar-refractivity contribution is -0.141. The Morgan fingerprint density at radius 3 is 2.58 bits per heavy atom. The summed E-state index contributed by atoms with van der Waals surface area (Å²) < 4.78 is 52.7. The number of aliphatic hydroxyl groups excluding tert-OH is 1. The van der Waals surface area contributed by atoms with Crippen LogP contribution < -0.4 is 10.6 Å². The minimum Gasteiger partial charge on any atom is -0.394 e. The first-order valence-electron chi connectivity index (χ1n) is 6.75. The lowest BCUT2D eigenvalue weighted by atomic mass is 10.3. The van der Waals surface area contributed by atoms with Gasteiger partial charge in [-0.1, -0.05) is 17.7 Å². The molecule has 2 rings (SSSR count). The Kier molecular flexibility index (Phi) is 5.45. The fraction of sp³-hybridized carbons (Fsp3) is 0.286. The van der Waals surface area contributed by atoms with Crippen molar-refractivity contribution in [1.29, 1.82) is 0 Å². The summed E-state index contributed by atoms with van der Waals surface area (Å²) in [6.45, 7) is 1.20. The standard InChI is InChI=1S/C14H13ClF4N4O/c1-7(6-24)20-13-21-10(14(17,18)19)5-11(23-13)22-12-8(15)3-2-4-9(12)16/h2-5,7,24H,6H2,1H3,(H2,20,21,22,23)/t7-/m1/s1. The highest BCUT2D eigenvalue weighted by Crippen LogP contribution is 2.32. The van der Waals surface area contributed by atoms with Crippen LogP contribution in [0.25, 0.3) is 0 Å². The molecule has 130 valence electrons. The molecule has 3 N–H and O–H groups in total. The average molecular weight is 365 g/mol. The van der Waals surface area contributed by atoms with E-state index in [1.807, 2.05) is 0 Å². The number of benzene rings is 1. The lowest BCUT2D eigenvalue weighted by Crippen LogP contribution is -2.22. The quantitative estimate of drug-likeness (QED) is 0.703. The van der Waals surface area contributed by atoms with Crippen LogP contribution in [0.1, 0.15) is 12.6 Å². The molecule has 0 saturated heterocycles. The molecule has 0 aliphatic heterocycles. The molecule has 0 bridgehead atoms. The van der Waals surface area contributed by atoms with Gasteiger partial charge in [0.25, 0.3) is 0 Å². The third kappa shape index (κ3) is 4.45. The number of nitrogens with zero attached hydrogens (tertiary/aromatic N) is 2. The van der Waals surface area contributed by atoms with Crippen LogP contribution in [0.15, 0.2) is 24.3 Å². The molecule has 0 radical (unpaired) electrons. The third-order valence-electron chi connectivity index (χ3n) is 2.88. The van der Waals surface area contributed by atoms with Crippen molar-refractivity contribution in [2.45, 2.75) is 19.1 Å². The second kappa shape index (κ2) is 7.18. The van der Waals surface area contributed by atoms with Gasteiger partial charge in [-0.15, -0.1) is 0 Å². The van der Waals surface area contributed by atoms with Crippen molar-refractivity contribution in [3.63, 3.8) is 0 Å². The van der Waals surface area contributed by atoms with Gasteiger partial charge < -0.3 is 15.7 Å². The number of para-hydroxylation sites is 1. The summed E-state index contributed by atoms with van der Waals surface area (Å²) in [5.74, 6) is -1.40. The van der Waals surface area contributed by atoms with E-state index in [9.17, 15) is 17.6 Å². The maximum Gasteiger partial charge on any atom is 0.433 e. The van der Waals surface area contributed by atoms with Gasteiger partial charge in [0, 0.05) is 12.1 Å². The van der Waals surface area contributed by atoms with Crippen molar-refractivity contribution in [3.05, 3.63) is 40.8 Å². The largest absolute Gasteiger partial charge is 0.433 e. The molecule has 0 aliphatic rings. The van der Waals surface area contributed by atoms with E-state index in [0.29, 0.717) is 6.07 Å². The summed E-state index contributed by atoms with van der Waals surface area (Å²) in [5, 5.41) is 13.9. The number of aromatic nitrogens is 2. The Labute approximate surface area is 139 Å². The Bertz CT molecular complexity index is 706. The van der Waals surface area contributed by atoms with Crippen molar-refractivity contribution in [1.82, 2.24) is 9.97 Å². The predicted octanol–water partition coefficient (Wildman–Crippen LogP) is 3.82. The van der Waals surface area contributed by atoms with Crippen LogP contribution in [0, 0.1) is 5.82 Å². The van der Waals surface area contributed by atoms with Gasteiger partial charge >= 0.3 is 6.18 Å². The van der Waals surface area contributed by atoms with E-state index >= 15 is 0 Å².